The van der Waals surface area contributed by atoms with Crippen molar-refractivity contribution in [1.29, 1.82) is 0 Å². The van der Waals surface area contributed by atoms with Gasteiger partial charge in [-0.25, -0.2) is 0 Å². The van der Waals surface area contributed by atoms with E-state index in [2.05, 4.69) is 26.2 Å². The summed E-state index contributed by atoms with van der Waals surface area (Å²) in [5.74, 6) is -0.533. The highest BCUT2D eigenvalue weighted by Gasteiger charge is 2.30. The molecule has 0 aromatic carbocycles. The summed E-state index contributed by atoms with van der Waals surface area (Å²) in [5, 5.41) is 2.53. The minimum atomic E-state index is -4.46. The minimum Gasteiger partial charge on any atom is -0.383 e. The number of amides is 1. The number of methoxy groups -OCH3 is 1. The molecule has 0 aliphatic heterocycles. The number of hydrogen-bond donors (Lipinski definition) is 1. The maximum atomic E-state index is 12.3. The average Bonchev–Trinajstić information content (AvgIpc) is 2.35. The van der Waals surface area contributed by atoms with E-state index in [-0.39, 0.29) is 17.1 Å². The lowest BCUT2D eigenvalue weighted by molar-refractivity contribution is -0.137. The third-order valence-corrected chi connectivity index (χ3v) is 2.74. The Morgan fingerprint density at radius 1 is 1.53 bits per heavy atom. The second kappa shape index (κ2) is 6.85. The number of nitrogens with zero attached hydrogens (tertiary/aromatic N) is 1. The summed E-state index contributed by atoms with van der Waals surface area (Å²) in [6.45, 7) is 0.691. The molecule has 19 heavy (non-hydrogen) atoms. The third-order valence-electron chi connectivity index (χ3n) is 2.16. The van der Waals surface area contributed by atoms with Gasteiger partial charge in [-0.1, -0.05) is 15.9 Å². The maximum absolute atomic E-state index is 12.3. The van der Waals surface area contributed by atoms with Crippen LogP contribution >= 0.6 is 15.9 Å². The summed E-state index contributed by atoms with van der Waals surface area (Å²) in [5.41, 5.74) is -0.952. The highest BCUT2D eigenvalue weighted by Crippen LogP contribution is 2.28. The summed E-state index contributed by atoms with van der Waals surface area (Å²) in [6, 6.07) is 1.86. The highest BCUT2D eigenvalue weighted by molar-refractivity contribution is 9.09. The fourth-order valence-electron chi connectivity index (χ4n) is 1.23. The summed E-state index contributed by atoms with van der Waals surface area (Å²) in [4.78, 5) is 15.0. The van der Waals surface area contributed by atoms with Crippen LogP contribution in [0.25, 0.3) is 0 Å². The van der Waals surface area contributed by atoms with Crippen LogP contribution in [0.3, 0.4) is 0 Å². The number of carbonyl (C=O) groups excluding carboxylic acids is 1. The standard InChI is InChI=1S/C11H12BrF3N2O2/c1-19-6-8(12)5-17-10(18)9-3-2-7(4-16-9)11(13,14)15/h2-4,8H,5-6H2,1H3,(H,17,18). The zero-order valence-electron chi connectivity index (χ0n) is 10.00. The second-order valence-electron chi connectivity index (χ2n) is 3.69. The van der Waals surface area contributed by atoms with Crippen molar-refractivity contribution in [3.05, 3.63) is 29.6 Å². The monoisotopic (exact) mass is 340 g/mol. The van der Waals surface area contributed by atoms with Crippen molar-refractivity contribution in [2.24, 2.45) is 0 Å². The lowest BCUT2D eigenvalue weighted by Crippen LogP contribution is -2.32. The molecule has 1 amide bonds. The van der Waals surface area contributed by atoms with E-state index < -0.39 is 17.6 Å². The van der Waals surface area contributed by atoms with Crippen LogP contribution in [0.2, 0.25) is 0 Å². The van der Waals surface area contributed by atoms with E-state index in [1.165, 1.54) is 7.11 Å². The number of aromatic nitrogens is 1. The SMILES string of the molecule is COCC(Br)CNC(=O)c1ccc(C(F)(F)F)cn1. The number of alkyl halides is 4. The average molecular weight is 341 g/mol. The van der Waals surface area contributed by atoms with Crippen molar-refractivity contribution in [1.82, 2.24) is 10.3 Å². The van der Waals surface area contributed by atoms with Crippen LogP contribution in [0.5, 0.6) is 0 Å². The van der Waals surface area contributed by atoms with E-state index in [0.717, 1.165) is 12.1 Å². The van der Waals surface area contributed by atoms with Gasteiger partial charge in [0.25, 0.3) is 5.91 Å². The molecule has 0 aliphatic carbocycles. The smallest absolute Gasteiger partial charge is 0.383 e. The van der Waals surface area contributed by atoms with Crippen LogP contribution in [-0.4, -0.2) is 36.0 Å². The highest BCUT2D eigenvalue weighted by atomic mass is 79.9. The van der Waals surface area contributed by atoms with Crippen LogP contribution in [0.15, 0.2) is 18.3 Å². The van der Waals surface area contributed by atoms with E-state index in [0.29, 0.717) is 12.8 Å². The van der Waals surface area contributed by atoms with Crippen molar-refractivity contribution < 1.29 is 22.7 Å². The van der Waals surface area contributed by atoms with Crippen molar-refractivity contribution in [2.45, 2.75) is 11.0 Å². The van der Waals surface area contributed by atoms with Crippen molar-refractivity contribution in [2.75, 3.05) is 20.3 Å². The first-order chi connectivity index (χ1) is 8.84. The Bertz CT molecular complexity index is 423. The van der Waals surface area contributed by atoms with E-state index in [1.54, 1.807) is 0 Å². The second-order valence-corrected chi connectivity index (χ2v) is 4.99. The predicted octanol–water partition coefficient (Wildman–Crippen LogP) is 2.24. The van der Waals surface area contributed by atoms with E-state index in [1.807, 2.05) is 0 Å². The van der Waals surface area contributed by atoms with Crippen LogP contribution in [0.1, 0.15) is 16.1 Å². The van der Waals surface area contributed by atoms with Crippen molar-refractivity contribution in [3.8, 4) is 0 Å². The first-order valence-electron chi connectivity index (χ1n) is 5.29. The molecule has 0 radical (unpaired) electrons. The van der Waals surface area contributed by atoms with Gasteiger partial charge in [-0.3, -0.25) is 9.78 Å². The lowest BCUT2D eigenvalue weighted by Gasteiger charge is -2.10. The van der Waals surface area contributed by atoms with Gasteiger partial charge in [0.05, 0.1) is 17.0 Å². The maximum Gasteiger partial charge on any atom is 0.417 e. The van der Waals surface area contributed by atoms with Crippen molar-refractivity contribution >= 4 is 21.8 Å². The van der Waals surface area contributed by atoms with Gasteiger partial charge >= 0.3 is 6.18 Å². The molecular weight excluding hydrogens is 329 g/mol. The van der Waals surface area contributed by atoms with Crippen molar-refractivity contribution in [3.63, 3.8) is 0 Å². The molecule has 8 heteroatoms. The lowest BCUT2D eigenvalue weighted by atomic mass is 10.2. The molecule has 1 aromatic heterocycles. The molecular formula is C11H12BrF3N2O2. The Kier molecular flexibility index (Phi) is 5.74. The molecule has 1 rings (SSSR count). The van der Waals surface area contributed by atoms with Crippen LogP contribution in [0, 0.1) is 0 Å². The Morgan fingerprint density at radius 2 is 2.21 bits per heavy atom. The van der Waals surface area contributed by atoms with Crippen LogP contribution in [-0.2, 0) is 10.9 Å². The van der Waals surface area contributed by atoms with Crippen LogP contribution < -0.4 is 5.32 Å². The Balaban J connectivity index is 2.59. The number of hydrogen-bond acceptors (Lipinski definition) is 3. The molecule has 1 aromatic rings. The van der Waals surface area contributed by atoms with Gasteiger partial charge in [0.2, 0.25) is 0 Å². The number of pyridine rings is 1. The molecule has 0 bridgehead atoms. The molecule has 0 spiro atoms. The van der Waals surface area contributed by atoms with Gasteiger partial charge in [-0.2, -0.15) is 13.2 Å². The molecule has 0 saturated carbocycles. The normalized spacial score (nSPS) is 13.1. The summed E-state index contributed by atoms with van der Waals surface area (Å²) < 4.78 is 41.8. The molecule has 0 aliphatic rings. The number of ether oxygens (including phenoxy) is 1. The van der Waals surface area contributed by atoms with Gasteiger partial charge in [0.1, 0.15) is 5.69 Å². The minimum absolute atomic E-state index is 0.0647. The largest absolute Gasteiger partial charge is 0.417 e. The van der Waals surface area contributed by atoms with Crippen LogP contribution in [0.4, 0.5) is 13.2 Å². The molecule has 1 unspecified atom stereocenters. The Labute approximate surface area is 116 Å². The summed E-state index contributed by atoms with van der Waals surface area (Å²) in [6.07, 6.45) is -3.82. The number of nitrogens with one attached hydrogen (secondary N) is 1. The quantitative estimate of drug-likeness (QED) is 0.836. The number of rotatable bonds is 5. The topological polar surface area (TPSA) is 51.2 Å². The zero-order valence-corrected chi connectivity index (χ0v) is 11.6. The molecule has 106 valence electrons. The predicted molar refractivity (Wildman–Crippen MR) is 66.2 cm³/mol. The Hall–Kier alpha value is -1.15. The fourth-order valence-corrected chi connectivity index (χ4v) is 1.66. The van der Waals surface area contributed by atoms with Gasteiger partial charge in [0, 0.05) is 19.9 Å². The van der Waals surface area contributed by atoms with Gasteiger partial charge in [-0.05, 0) is 12.1 Å². The fraction of sp³-hybridized carbons (Fsp3) is 0.455. The number of halogens is 4. The zero-order chi connectivity index (χ0) is 14.5. The number of carbonyl (C=O) groups is 1. The third kappa shape index (κ3) is 5.15. The van der Waals surface area contributed by atoms with Gasteiger partial charge < -0.3 is 10.1 Å². The first-order valence-corrected chi connectivity index (χ1v) is 6.20. The van der Waals surface area contributed by atoms with E-state index in [4.69, 9.17) is 4.74 Å². The molecule has 0 fully saturated rings. The molecule has 4 nitrogen and oxygen atoms in total. The molecule has 1 atom stereocenters. The van der Waals surface area contributed by atoms with Gasteiger partial charge in [-0.15, -0.1) is 0 Å². The molecule has 0 saturated heterocycles. The van der Waals surface area contributed by atoms with E-state index in [9.17, 15) is 18.0 Å². The first kappa shape index (κ1) is 15.9. The Morgan fingerprint density at radius 3 is 2.68 bits per heavy atom. The summed E-state index contributed by atoms with van der Waals surface area (Å²) in [7, 11) is 1.52. The van der Waals surface area contributed by atoms with Gasteiger partial charge in [0.15, 0.2) is 0 Å². The molecule has 1 heterocycles. The summed E-state index contributed by atoms with van der Waals surface area (Å²) >= 11 is 3.27. The van der Waals surface area contributed by atoms with E-state index >= 15 is 0 Å². The molecule has 1 N–H and O–H groups in total.